The average Bonchev–Trinajstić information content (AvgIpc) is 2.60. The zero-order valence-electron chi connectivity index (χ0n) is 14.4. The van der Waals surface area contributed by atoms with Crippen molar-refractivity contribution in [3.63, 3.8) is 0 Å². The van der Waals surface area contributed by atoms with Gasteiger partial charge in [0.2, 0.25) is 0 Å². The number of amidine groups is 1. The summed E-state index contributed by atoms with van der Waals surface area (Å²) in [7, 11) is 0. The second-order valence-corrected chi connectivity index (χ2v) is 6.92. The van der Waals surface area contributed by atoms with Gasteiger partial charge in [0.05, 0.1) is 0 Å². The fourth-order valence-corrected chi connectivity index (χ4v) is 3.14. The van der Waals surface area contributed by atoms with Gasteiger partial charge in [-0.1, -0.05) is 52.3 Å². The van der Waals surface area contributed by atoms with Gasteiger partial charge in [0.25, 0.3) is 0 Å². The van der Waals surface area contributed by atoms with Gasteiger partial charge in [0.15, 0.2) is 5.54 Å². The van der Waals surface area contributed by atoms with Crippen molar-refractivity contribution in [1.29, 1.82) is 0 Å². The zero-order chi connectivity index (χ0) is 22.0. The Morgan fingerprint density at radius 2 is 1.66 bits per heavy atom. The molecule has 0 amide bonds. The van der Waals surface area contributed by atoms with Crippen LogP contribution >= 0.6 is 15.9 Å². The molecule has 0 saturated carbocycles. The molecule has 0 spiro atoms. The highest BCUT2D eigenvalue weighted by atomic mass is 79.9. The predicted octanol–water partition coefficient (Wildman–Crippen LogP) is 4.80. The summed E-state index contributed by atoms with van der Waals surface area (Å²) in [6, 6.07) is 12.9. The van der Waals surface area contributed by atoms with E-state index in [1.807, 2.05) is 0 Å². The van der Waals surface area contributed by atoms with Crippen LogP contribution in [-0.4, -0.2) is 29.3 Å². The minimum Gasteiger partial charge on any atom is -0.475 e. The molecule has 3 N–H and O–H groups in total. The maximum Gasteiger partial charge on any atom is 0.490 e. The first-order valence-corrected chi connectivity index (χ1v) is 8.64. The molecule has 0 fully saturated rings. The molecule has 11 heteroatoms. The molecule has 0 bridgehead atoms. The van der Waals surface area contributed by atoms with Crippen LogP contribution in [-0.2, 0) is 16.8 Å². The van der Waals surface area contributed by atoms with Crippen molar-refractivity contribution in [2.45, 2.75) is 24.3 Å². The molecule has 0 saturated heterocycles. The van der Waals surface area contributed by atoms with E-state index >= 15 is 0 Å². The Balaban J connectivity index is 0.000000370. The fraction of sp³-hybridized carbons (Fsp3) is 0.222. The summed E-state index contributed by atoms with van der Waals surface area (Å²) in [6.07, 6.45) is -9.89. The smallest absolute Gasteiger partial charge is 0.475 e. The molecule has 3 rings (SSSR count). The summed E-state index contributed by atoms with van der Waals surface area (Å²) in [5.41, 5.74) is 4.67. The monoisotopic (exact) mass is 482 g/mol. The number of carboxylic acids is 1. The standard InChI is InChI=1S/C16H12BrF3N2.C2HF3O2/c17-12-6-3-5-11(8-12)15(16(18,19)20)9-10-4-1-2-7-13(10)14(21)22-15;3-2(4,5)1(6)7/h1-8H,9H2,(H2,21,22);(H,6,7). The summed E-state index contributed by atoms with van der Waals surface area (Å²) >= 11 is 3.22. The summed E-state index contributed by atoms with van der Waals surface area (Å²) in [5, 5.41) is 7.12. The minimum atomic E-state index is -5.08. The van der Waals surface area contributed by atoms with Crippen molar-refractivity contribution in [2.75, 3.05) is 0 Å². The SMILES string of the molecule is NC1=NC(c2cccc(Br)c2)(C(F)(F)F)Cc2ccccc21.O=C(O)C(F)(F)F. The quantitative estimate of drug-likeness (QED) is 0.573. The number of rotatable bonds is 1. The Morgan fingerprint density at radius 1 is 1.07 bits per heavy atom. The summed E-state index contributed by atoms with van der Waals surface area (Å²) in [6.45, 7) is 0. The lowest BCUT2D eigenvalue weighted by atomic mass is 9.80. The number of benzene rings is 2. The van der Waals surface area contributed by atoms with E-state index in [2.05, 4.69) is 20.9 Å². The Labute approximate surface area is 169 Å². The predicted molar refractivity (Wildman–Crippen MR) is 96.4 cm³/mol. The van der Waals surface area contributed by atoms with E-state index in [9.17, 15) is 26.3 Å². The fourth-order valence-electron chi connectivity index (χ4n) is 2.74. The van der Waals surface area contributed by atoms with Crippen molar-refractivity contribution in [1.82, 2.24) is 0 Å². The number of hydrogen-bond acceptors (Lipinski definition) is 3. The molecule has 1 heterocycles. The van der Waals surface area contributed by atoms with E-state index in [-0.39, 0.29) is 17.8 Å². The lowest BCUT2D eigenvalue weighted by Gasteiger charge is -2.36. The molecule has 0 aliphatic carbocycles. The summed E-state index contributed by atoms with van der Waals surface area (Å²) < 4.78 is 74.0. The van der Waals surface area contributed by atoms with E-state index in [1.54, 1.807) is 36.4 Å². The van der Waals surface area contributed by atoms with E-state index in [0.717, 1.165) is 0 Å². The highest BCUT2D eigenvalue weighted by molar-refractivity contribution is 9.10. The summed E-state index contributed by atoms with van der Waals surface area (Å²) in [4.78, 5) is 12.8. The van der Waals surface area contributed by atoms with Crippen LogP contribution in [0.2, 0.25) is 0 Å². The Bertz CT molecular complexity index is 942. The van der Waals surface area contributed by atoms with Crippen molar-refractivity contribution in [2.24, 2.45) is 10.7 Å². The van der Waals surface area contributed by atoms with Crippen molar-refractivity contribution in [3.8, 4) is 0 Å². The first-order valence-electron chi connectivity index (χ1n) is 7.84. The molecule has 2 aromatic rings. The molecule has 2 aromatic carbocycles. The van der Waals surface area contributed by atoms with Crippen LogP contribution in [0.4, 0.5) is 26.3 Å². The topological polar surface area (TPSA) is 75.7 Å². The number of aliphatic carboxylic acids is 1. The van der Waals surface area contributed by atoms with Gasteiger partial charge >= 0.3 is 18.3 Å². The van der Waals surface area contributed by atoms with Crippen LogP contribution in [0, 0.1) is 0 Å². The third-order valence-electron chi connectivity index (χ3n) is 4.06. The maximum atomic E-state index is 13.9. The zero-order valence-corrected chi connectivity index (χ0v) is 15.9. The number of carbonyl (C=O) groups is 1. The number of alkyl halides is 6. The molecular weight excluding hydrogens is 470 g/mol. The van der Waals surface area contributed by atoms with Crippen LogP contribution in [0.25, 0.3) is 0 Å². The second-order valence-electron chi connectivity index (χ2n) is 6.00. The number of halogens is 7. The third-order valence-corrected chi connectivity index (χ3v) is 4.56. The van der Waals surface area contributed by atoms with Crippen LogP contribution in [0.1, 0.15) is 16.7 Å². The molecular formula is C18H13BrF6N2O2. The molecule has 1 aliphatic rings. The van der Waals surface area contributed by atoms with Crippen molar-refractivity contribution < 1.29 is 36.2 Å². The van der Waals surface area contributed by atoms with E-state index in [4.69, 9.17) is 15.6 Å². The number of aliphatic imine (C=N–C) groups is 1. The van der Waals surface area contributed by atoms with Gasteiger partial charge in [0, 0.05) is 16.5 Å². The van der Waals surface area contributed by atoms with Gasteiger partial charge in [-0.2, -0.15) is 26.3 Å². The minimum absolute atomic E-state index is 0.0758. The molecule has 0 aromatic heterocycles. The lowest BCUT2D eigenvalue weighted by Crippen LogP contribution is -2.47. The first-order chi connectivity index (χ1) is 13.3. The molecule has 4 nitrogen and oxygen atoms in total. The maximum absolute atomic E-state index is 13.9. The van der Waals surface area contributed by atoms with Crippen LogP contribution in [0.3, 0.4) is 0 Å². The Kier molecular flexibility index (Phi) is 6.31. The highest BCUT2D eigenvalue weighted by Gasteiger charge is 2.57. The van der Waals surface area contributed by atoms with Crippen LogP contribution in [0.15, 0.2) is 58.0 Å². The summed E-state index contributed by atoms with van der Waals surface area (Å²) in [5.74, 6) is -2.84. The molecule has 1 aliphatic heterocycles. The van der Waals surface area contributed by atoms with Gasteiger partial charge in [-0.05, 0) is 23.3 Å². The van der Waals surface area contributed by atoms with E-state index in [1.165, 1.54) is 12.1 Å². The van der Waals surface area contributed by atoms with Gasteiger partial charge in [-0.15, -0.1) is 0 Å². The van der Waals surface area contributed by atoms with E-state index < -0.39 is 23.9 Å². The Hall–Kier alpha value is -2.56. The van der Waals surface area contributed by atoms with Gasteiger partial charge in [0.1, 0.15) is 5.84 Å². The third kappa shape index (κ3) is 4.89. The van der Waals surface area contributed by atoms with Gasteiger partial charge in [-0.3, -0.25) is 0 Å². The lowest BCUT2D eigenvalue weighted by molar-refractivity contribution is -0.192. The number of nitrogens with zero attached hydrogens (tertiary/aromatic N) is 1. The van der Waals surface area contributed by atoms with Crippen LogP contribution < -0.4 is 5.73 Å². The highest BCUT2D eigenvalue weighted by Crippen LogP contribution is 2.47. The van der Waals surface area contributed by atoms with Gasteiger partial charge < -0.3 is 10.8 Å². The number of nitrogens with two attached hydrogens (primary N) is 1. The first kappa shape index (κ1) is 22.7. The van der Waals surface area contributed by atoms with Crippen LogP contribution in [0.5, 0.6) is 0 Å². The number of hydrogen-bond donors (Lipinski definition) is 2. The normalized spacial score (nSPS) is 18.8. The van der Waals surface area contributed by atoms with E-state index in [0.29, 0.717) is 15.6 Å². The molecule has 1 unspecified atom stereocenters. The molecule has 0 radical (unpaired) electrons. The average molecular weight is 483 g/mol. The van der Waals surface area contributed by atoms with Gasteiger partial charge in [-0.25, -0.2) is 9.79 Å². The van der Waals surface area contributed by atoms with Crippen molar-refractivity contribution >= 4 is 27.7 Å². The molecule has 156 valence electrons. The molecule has 29 heavy (non-hydrogen) atoms. The second kappa shape index (κ2) is 8.05. The number of fused-ring (bicyclic) bond motifs is 1. The number of carboxylic acid groups (broad SMARTS) is 1. The largest absolute Gasteiger partial charge is 0.490 e. The van der Waals surface area contributed by atoms with Crippen molar-refractivity contribution in [3.05, 3.63) is 69.7 Å². The molecule has 1 atom stereocenters. The Morgan fingerprint density at radius 3 is 2.17 bits per heavy atom.